The van der Waals surface area contributed by atoms with Crippen LogP contribution in [0.2, 0.25) is 10.0 Å². The summed E-state index contributed by atoms with van der Waals surface area (Å²) in [7, 11) is 0. The number of hydrogen-bond donors (Lipinski definition) is 2. The zero-order chi connectivity index (χ0) is 20.6. The Morgan fingerprint density at radius 3 is 2.59 bits per heavy atom. The third kappa shape index (κ3) is 3.42. The maximum atomic E-state index is 12.1. The molecule has 1 aromatic carbocycles. The molecule has 0 saturated carbocycles. The van der Waals surface area contributed by atoms with Crippen LogP contribution in [0.15, 0.2) is 60.3 Å². The highest BCUT2D eigenvalue weighted by atomic mass is 35.5. The molecular formula is C20H13Cl2N3O3S. The van der Waals surface area contributed by atoms with Crippen molar-refractivity contribution in [3.63, 3.8) is 0 Å². The molecular weight excluding hydrogens is 433 g/mol. The molecule has 2 heterocycles. The molecule has 4 rings (SSSR count). The van der Waals surface area contributed by atoms with Crippen LogP contribution in [0.3, 0.4) is 0 Å². The lowest BCUT2D eigenvalue weighted by molar-refractivity contribution is -0.141. The normalized spacial score (nSPS) is 20.7. The van der Waals surface area contributed by atoms with Gasteiger partial charge in [-0.1, -0.05) is 53.6 Å². The van der Waals surface area contributed by atoms with Gasteiger partial charge in [-0.2, -0.15) is 0 Å². The van der Waals surface area contributed by atoms with Gasteiger partial charge in [0.25, 0.3) is 0 Å². The van der Waals surface area contributed by atoms with Crippen molar-refractivity contribution < 1.29 is 15.0 Å². The van der Waals surface area contributed by atoms with Crippen molar-refractivity contribution in [2.45, 2.75) is 5.41 Å². The van der Waals surface area contributed by atoms with Gasteiger partial charge in [0.1, 0.15) is 5.01 Å². The number of thiazole rings is 1. The van der Waals surface area contributed by atoms with Crippen molar-refractivity contribution in [1.29, 1.82) is 0 Å². The molecule has 29 heavy (non-hydrogen) atoms. The summed E-state index contributed by atoms with van der Waals surface area (Å²) in [6.45, 7) is 0. The summed E-state index contributed by atoms with van der Waals surface area (Å²) in [6, 6.07) is 4.81. The Morgan fingerprint density at radius 2 is 1.90 bits per heavy atom. The van der Waals surface area contributed by atoms with Crippen LogP contribution in [0.4, 0.5) is 0 Å². The maximum absolute atomic E-state index is 12.1. The van der Waals surface area contributed by atoms with Crippen LogP contribution >= 0.6 is 34.5 Å². The van der Waals surface area contributed by atoms with Gasteiger partial charge in [-0.15, -0.1) is 11.3 Å². The lowest BCUT2D eigenvalue weighted by atomic mass is 9.69. The SMILES string of the molecule is O=C(O)C1C=CC=CC1(c1cnc(O)nc1)c1nc(-c2ccc(Cl)c(Cl)c2)cs1. The Kier molecular flexibility index (Phi) is 5.12. The fourth-order valence-corrected chi connectivity index (χ4v) is 4.67. The summed E-state index contributed by atoms with van der Waals surface area (Å²) >= 11 is 13.5. The van der Waals surface area contributed by atoms with Crippen molar-refractivity contribution >= 4 is 40.5 Å². The van der Waals surface area contributed by atoms with Crippen LogP contribution in [0, 0.1) is 5.92 Å². The molecule has 0 aliphatic heterocycles. The summed E-state index contributed by atoms with van der Waals surface area (Å²) in [4.78, 5) is 24.5. The lowest BCUT2D eigenvalue weighted by Gasteiger charge is -2.34. The number of halogens is 2. The fourth-order valence-electron chi connectivity index (χ4n) is 3.31. The van der Waals surface area contributed by atoms with Crippen LogP contribution in [0.5, 0.6) is 6.01 Å². The summed E-state index contributed by atoms with van der Waals surface area (Å²) < 4.78 is 0. The quantitative estimate of drug-likeness (QED) is 0.602. The van der Waals surface area contributed by atoms with Gasteiger partial charge in [0.2, 0.25) is 0 Å². The topological polar surface area (TPSA) is 96.2 Å². The van der Waals surface area contributed by atoms with E-state index in [0.717, 1.165) is 5.56 Å². The molecule has 0 bridgehead atoms. The van der Waals surface area contributed by atoms with Crippen LogP contribution in [0.1, 0.15) is 10.6 Å². The fraction of sp³-hybridized carbons (Fsp3) is 0.100. The number of aliphatic carboxylic acids is 1. The number of carboxylic acid groups (broad SMARTS) is 1. The van der Waals surface area contributed by atoms with Crippen molar-refractivity contribution in [1.82, 2.24) is 15.0 Å². The predicted molar refractivity (Wildman–Crippen MR) is 111 cm³/mol. The smallest absolute Gasteiger partial charge is 0.313 e. The second-order valence-corrected chi connectivity index (χ2v) is 8.04. The second-order valence-electron chi connectivity index (χ2n) is 6.37. The van der Waals surface area contributed by atoms with Gasteiger partial charge in [0.15, 0.2) is 0 Å². The van der Waals surface area contributed by atoms with Crippen molar-refractivity contribution in [2.75, 3.05) is 0 Å². The molecule has 1 aliphatic carbocycles. The van der Waals surface area contributed by atoms with Crippen LogP contribution in [-0.4, -0.2) is 31.1 Å². The first-order valence-electron chi connectivity index (χ1n) is 8.43. The summed E-state index contributed by atoms with van der Waals surface area (Å²) in [5.41, 5.74) is 0.808. The number of aromatic nitrogens is 3. The maximum Gasteiger partial charge on any atom is 0.313 e. The van der Waals surface area contributed by atoms with E-state index in [0.29, 0.717) is 26.3 Å². The Hall–Kier alpha value is -2.74. The Balaban J connectivity index is 1.89. The van der Waals surface area contributed by atoms with E-state index in [1.54, 1.807) is 42.5 Å². The molecule has 0 radical (unpaired) electrons. The van der Waals surface area contributed by atoms with Gasteiger partial charge in [0.05, 0.1) is 27.1 Å². The summed E-state index contributed by atoms with van der Waals surface area (Å²) in [5.74, 6) is -1.93. The highest BCUT2D eigenvalue weighted by Gasteiger charge is 2.47. The first-order chi connectivity index (χ1) is 13.9. The van der Waals surface area contributed by atoms with Gasteiger partial charge < -0.3 is 10.2 Å². The molecule has 2 aromatic heterocycles. The van der Waals surface area contributed by atoms with Crippen LogP contribution in [-0.2, 0) is 10.2 Å². The Labute approximate surface area is 179 Å². The number of carboxylic acids is 1. The molecule has 3 aromatic rings. The van der Waals surface area contributed by atoms with E-state index in [4.69, 9.17) is 28.2 Å². The zero-order valence-corrected chi connectivity index (χ0v) is 17.0. The summed E-state index contributed by atoms with van der Waals surface area (Å²) in [5, 5.41) is 22.6. The number of nitrogens with zero attached hydrogens (tertiary/aromatic N) is 3. The van der Waals surface area contributed by atoms with E-state index in [1.165, 1.54) is 23.7 Å². The molecule has 6 nitrogen and oxygen atoms in total. The third-order valence-electron chi connectivity index (χ3n) is 4.72. The average molecular weight is 446 g/mol. The van der Waals surface area contributed by atoms with Gasteiger partial charge in [0, 0.05) is 28.9 Å². The number of hydrogen-bond acceptors (Lipinski definition) is 6. The number of rotatable bonds is 4. The van der Waals surface area contributed by atoms with E-state index in [-0.39, 0.29) is 6.01 Å². The van der Waals surface area contributed by atoms with E-state index in [1.807, 2.05) is 5.38 Å². The van der Waals surface area contributed by atoms with Crippen molar-refractivity contribution in [2.24, 2.45) is 5.92 Å². The monoisotopic (exact) mass is 445 g/mol. The second kappa shape index (κ2) is 7.59. The molecule has 0 amide bonds. The first kappa shape index (κ1) is 19.6. The molecule has 0 saturated heterocycles. The average Bonchev–Trinajstić information content (AvgIpc) is 3.21. The highest BCUT2D eigenvalue weighted by molar-refractivity contribution is 7.10. The molecule has 2 atom stereocenters. The van der Waals surface area contributed by atoms with Crippen molar-refractivity contribution in [3.8, 4) is 17.3 Å². The minimum atomic E-state index is -1.12. The standard InChI is InChI=1S/C20H13Cl2N3O3S/c21-14-5-4-11(7-15(14)22)16-10-29-18(25-16)20(12-8-23-19(28)24-9-12)6-2-1-3-13(20)17(26)27/h1-10,13H,(H,26,27)(H,23,24,28). The molecule has 146 valence electrons. The van der Waals surface area contributed by atoms with E-state index in [2.05, 4.69) is 9.97 Å². The number of aromatic hydroxyl groups is 1. The van der Waals surface area contributed by atoms with Gasteiger partial charge in [-0.3, -0.25) is 4.79 Å². The molecule has 1 aliphatic rings. The number of benzene rings is 1. The van der Waals surface area contributed by atoms with Gasteiger partial charge in [-0.05, 0) is 12.1 Å². The Bertz CT molecular complexity index is 1140. The summed E-state index contributed by atoms with van der Waals surface area (Å²) in [6.07, 6.45) is 9.68. The van der Waals surface area contributed by atoms with Crippen LogP contribution in [0.25, 0.3) is 11.3 Å². The minimum absolute atomic E-state index is 0.387. The minimum Gasteiger partial charge on any atom is -0.481 e. The Morgan fingerprint density at radius 1 is 1.14 bits per heavy atom. The molecule has 0 fully saturated rings. The zero-order valence-electron chi connectivity index (χ0n) is 14.7. The van der Waals surface area contributed by atoms with E-state index >= 15 is 0 Å². The largest absolute Gasteiger partial charge is 0.481 e. The van der Waals surface area contributed by atoms with Crippen molar-refractivity contribution in [3.05, 3.63) is 80.9 Å². The van der Waals surface area contributed by atoms with Gasteiger partial charge >= 0.3 is 12.0 Å². The molecule has 2 N–H and O–H groups in total. The van der Waals surface area contributed by atoms with E-state index in [9.17, 15) is 15.0 Å². The number of allylic oxidation sites excluding steroid dienone is 3. The van der Waals surface area contributed by atoms with Crippen LogP contribution < -0.4 is 0 Å². The van der Waals surface area contributed by atoms with Gasteiger partial charge in [-0.25, -0.2) is 15.0 Å². The molecule has 9 heteroatoms. The van der Waals surface area contributed by atoms with E-state index < -0.39 is 17.3 Å². The lowest BCUT2D eigenvalue weighted by Crippen LogP contribution is -2.39. The first-order valence-corrected chi connectivity index (χ1v) is 10.1. The number of carbonyl (C=O) groups is 1. The molecule has 0 spiro atoms. The predicted octanol–water partition coefficient (Wildman–Crippen LogP) is 4.73. The third-order valence-corrected chi connectivity index (χ3v) is 6.45. The molecule has 2 unspecified atom stereocenters. The highest BCUT2D eigenvalue weighted by Crippen LogP contribution is 2.45.